The van der Waals surface area contributed by atoms with Gasteiger partial charge in [0.05, 0.1) is 11.0 Å². The Morgan fingerprint density at radius 1 is 0.340 bits per heavy atom. The van der Waals surface area contributed by atoms with Crippen LogP contribution in [-0.4, -0.2) is 4.57 Å². The van der Waals surface area contributed by atoms with E-state index in [9.17, 15) is 0 Å². The summed E-state index contributed by atoms with van der Waals surface area (Å²) in [5, 5.41) is 5.14. The Hall–Kier alpha value is -6.18. The number of aromatic nitrogens is 1. The smallest absolute Gasteiger partial charge is 0.0547 e. The summed E-state index contributed by atoms with van der Waals surface area (Å²) in [5.41, 5.74) is 19.5. The quantitative estimate of drug-likeness (QED) is 0.175. The summed E-state index contributed by atoms with van der Waals surface area (Å²) in [6.07, 6.45) is 0. The lowest BCUT2D eigenvalue weighted by Gasteiger charge is -2.22. The van der Waals surface area contributed by atoms with Crippen LogP contribution in [-0.2, 0) is 10.8 Å². The first-order valence-electron chi connectivity index (χ1n) is 18.8. The maximum Gasteiger partial charge on any atom is 0.0547 e. The van der Waals surface area contributed by atoms with Gasteiger partial charge in [-0.05, 0) is 132 Å². The van der Waals surface area contributed by atoms with Gasteiger partial charge in [0.25, 0.3) is 0 Å². The highest BCUT2D eigenvalue weighted by atomic mass is 15.0. The van der Waals surface area contributed by atoms with Gasteiger partial charge in [0.2, 0.25) is 0 Å². The fraction of sp³-hybridized carbons (Fsp3) is 0.115. The van der Waals surface area contributed by atoms with E-state index in [0.29, 0.717) is 0 Å². The van der Waals surface area contributed by atoms with Crippen LogP contribution in [0, 0.1) is 0 Å². The molecular weight excluding hydrogens is 639 g/mol. The number of hydrogen-bond donors (Lipinski definition) is 0. The van der Waals surface area contributed by atoms with Crippen molar-refractivity contribution in [3.63, 3.8) is 0 Å². The van der Waals surface area contributed by atoms with Crippen molar-refractivity contribution in [2.75, 3.05) is 0 Å². The average Bonchev–Trinajstić information content (AvgIpc) is 3.72. The predicted octanol–water partition coefficient (Wildman–Crippen LogP) is 13.9. The third kappa shape index (κ3) is 4.25. The largest absolute Gasteiger partial charge is 0.309 e. The van der Waals surface area contributed by atoms with Crippen LogP contribution in [0.1, 0.15) is 49.9 Å². The predicted molar refractivity (Wildman–Crippen MR) is 224 cm³/mol. The van der Waals surface area contributed by atoms with Crippen molar-refractivity contribution >= 4 is 32.6 Å². The summed E-state index contributed by atoms with van der Waals surface area (Å²) in [5.74, 6) is 0. The monoisotopic (exact) mass is 677 g/mol. The zero-order valence-corrected chi connectivity index (χ0v) is 30.5. The van der Waals surface area contributed by atoms with Crippen molar-refractivity contribution in [3.8, 4) is 50.2 Å². The summed E-state index contributed by atoms with van der Waals surface area (Å²) in [6, 6.07) is 61.5. The maximum atomic E-state index is 2.51. The molecule has 0 N–H and O–H groups in total. The van der Waals surface area contributed by atoms with Crippen molar-refractivity contribution in [3.05, 3.63) is 186 Å². The Morgan fingerprint density at radius 3 is 1.64 bits per heavy atom. The van der Waals surface area contributed by atoms with Gasteiger partial charge in [-0.1, -0.05) is 137 Å². The van der Waals surface area contributed by atoms with E-state index in [1.54, 1.807) is 0 Å². The summed E-state index contributed by atoms with van der Waals surface area (Å²) in [6.45, 7) is 9.53. The molecule has 2 aliphatic rings. The van der Waals surface area contributed by atoms with Gasteiger partial charge in [0, 0.05) is 27.3 Å². The zero-order valence-electron chi connectivity index (χ0n) is 30.5. The van der Waals surface area contributed by atoms with Gasteiger partial charge in [0.15, 0.2) is 0 Å². The van der Waals surface area contributed by atoms with Crippen LogP contribution < -0.4 is 0 Å². The van der Waals surface area contributed by atoms with Crippen LogP contribution in [0.3, 0.4) is 0 Å². The number of hydrogen-bond acceptors (Lipinski definition) is 0. The number of rotatable bonds is 3. The Bertz CT molecular complexity index is 2990. The SMILES string of the molecule is CC1(C)c2ccccc2-c2ccc(-c3ccc4c(c3)c3cc5c(cc3n4-c3ccccc3)-c3ccc(-c4ccc6ccccc6c4)cc3C5(C)C)cc21. The van der Waals surface area contributed by atoms with Crippen LogP contribution in [0.25, 0.3) is 82.8 Å². The highest BCUT2D eigenvalue weighted by Crippen LogP contribution is 2.53. The highest BCUT2D eigenvalue weighted by molar-refractivity contribution is 6.12. The van der Waals surface area contributed by atoms with Crippen LogP contribution in [0.5, 0.6) is 0 Å². The summed E-state index contributed by atoms with van der Waals surface area (Å²) in [4.78, 5) is 0. The molecule has 2 aliphatic carbocycles. The first-order chi connectivity index (χ1) is 25.8. The normalized spacial score (nSPS) is 14.7. The first-order valence-corrected chi connectivity index (χ1v) is 18.8. The van der Waals surface area contributed by atoms with E-state index in [1.165, 1.54) is 105 Å². The molecule has 1 heteroatoms. The zero-order chi connectivity index (χ0) is 35.6. The lowest BCUT2D eigenvalue weighted by atomic mass is 9.81. The molecule has 8 aromatic carbocycles. The molecule has 0 saturated carbocycles. The lowest BCUT2D eigenvalue weighted by molar-refractivity contribution is 0.660. The first kappa shape index (κ1) is 30.4. The number of benzene rings is 8. The van der Waals surface area contributed by atoms with Gasteiger partial charge in [-0.2, -0.15) is 0 Å². The molecule has 0 radical (unpaired) electrons. The average molecular weight is 678 g/mol. The second kappa shape index (κ2) is 10.7. The van der Waals surface area contributed by atoms with Gasteiger partial charge in [-0.3, -0.25) is 0 Å². The second-order valence-electron chi connectivity index (χ2n) is 16.2. The minimum Gasteiger partial charge on any atom is -0.309 e. The van der Waals surface area contributed by atoms with E-state index in [-0.39, 0.29) is 10.8 Å². The minimum absolute atomic E-state index is 0.0370. The molecule has 0 aliphatic heterocycles. The Labute approximate surface area is 310 Å². The molecule has 1 nitrogen and oxygen atoms in total. The summed E-state index contributed by atoms with van der Waals surface area (Å²) < 4.78 is 2.46. The van der Waals surface area contributed by atoms with Crippen LogP contribution in [0.4, 0.5) is 0 Å². The van der Waals surface area contributed by atoms with Crippen molar-refractivity contribution in [1.29, 1.82) is 0 Å². The standard InChI is InChI=1S/C52H39N/c1-51(2)45-17-11-10-16-39(45)40-23-20-37(29-46(40)51)35-22-25-49-43(27-35)44-30-48-42(31-50(44)53(49)38-14-6-5-7-15-38)41-24-21-36(28-47(41)52(48,3)4)34-19-18-32-12-8-9-13-33(32)26-34/h5-31H,1-4H3. The van der Waals surface area contributed by atoms with E-state index in [2.05, 4.69) is 196 Å². The van der Waals surface area contributed by atoms with Crippen LogP contribution >= 0.6 is 0 Å². The fourth-order valence-electron chi connectivity index (χ4n) is 9.71. The molecule has 1 aromatic heterocycles. The lowest BCUT2D eigenvalue weighted by Crippen LogP contribution is -2.15. The van der Waals surface area contributed by atoms with E-state index in [1.807, 2.05) is 0 Å². The van der Waals surface area contributed by atoms with Crippen molar-refractivity contribution in [1.82, 2.24) is 4.57 Å². The highest BCUT2D eigenvalue weighted by Gasteiger charge is 2.37. The van der Waals surface area contributed by atoms with E-state index in [0.717, 1.165) is 0 Å². The molecule has 0 amide bonds. The summed E-state index contributed by atoms with van der Waals surface area (Å²) >= 11 is 0. The summed E-state index contributed by atoms with van der Waals surface area (Å²) in [7, 11) is 0. The van der Waals surface area contributed by atoms with Gasteiger partial charge >= 0.3 is 0 Å². The van der Waals surface area contributed by atoms with Crippen LogP contribution in [0.2, 0.25) is 0 Å². The number of fused-ring (bicyclic) bond motifs is 10. The Morgan fingerprint density at radius 2 is 0.868 bits per heavy atom. The molecule has 9 aromatic rings. The Kier molecular flexibility index (Phi) is 6.14. The number of nitrogens with zero attached hydrogens (tertiary/aromatic N) is 1. The topological polar surface area (TPSA) is 4.93 Å². The third-order valence-corrected chi connectivity index (χ3v) is 12.6. The van der Waals surface area contributed by atoms with Crippen molar-refractivity contribution < 1.29 is 0 Å². The molecule has 0 bridgehead atoms. The van der Waals surface area contributed by atoms with Crippen molar-refractivity contribution in [2.45, 2.75) is 38.5 Å². The molecule has 53 heavy (non-hydrogen) atoms. The third-order valence-electron chi connectivity index (χ3n) is 12.6. The maximum absolute atomic E-state index is 2.51. The van der Waals surface area contributed by atoms with E-state index in [4.69, 9.17) is 0 Å². The molecule has 0 fully saturated rings. The molecule has 0 atom stereocenters. The number of para-hydroxylation sites is 1. The van der Waals surface area contributed by atoms with E-state index >= 15 is 0 Å². The molecule has 252 valence electrons. The van der Waals surface area contributed by atoms with Gasteiger partial charge in [-0.15, -0.1) is 0 Å². The molecule has 1 heterocycles. The van der Waals surface area contributed by atoms with Gasteiger partial charge < -0.3 is 4.57 Å². The minimum atomic E-state index is -0.148. The van der Waals surface area contributed by atoms with Crippen LogP contribution in [0.15, 0.2) is 164 Å². The molecule has 0 spiro atoms. The van der Waals surface area contributed by atoms with E-state index < -0.39 is 0 Å². The van der Waals surface area contributed by atoms with Gasteiger partial charge in [0.1, 0.15) is 0 Å². The Balaban J connectivity index is 1.09. The molecule has 0 saturated heterocycles. The van der Waals surface area contributed by atoms with Crippen molar-refractivity contribution in [2.24, 2.45) is 0 Å². The van der Waals surface area contributed by atoms with Gasteiger partial charge in [-0.25, -0.2) is 0 Å². The molecule has 11 rings (SSSR count). The fourth-order valence-corrected chi connectivity index (χ4v) is 9.71. The molecule has 0 unspecified atom stereocenters. The molecular formula is C52H39N. The second-order valence-corrected chi connectivity index (χ2v) is 16.2.